The Hall–Kier alpha value is -1.30. The van der Waals surface area contributed by atoms with Crippen LogP contribution in [-0.2, 0) is 4.79 Å². The lowest BCUT2D eigenvalue weighted by molar-refractivity contribution is -0.126. The number of hydrogen-bond donors (Lipinski definition) is 4. The van der Waals surface area contributed by atoms with Gasteiger partial charge in [-0.2, -0.15) is 0 Å². The molecule has 0 radical (unpaired) electrons. The van der Waals surface area contributed by atoms with E-state index in [1.165, 1.54) is 0 Å². The van der Waals surface area contributed by atoms with Crippen molar-refractivity contribution in [1.82, 2.24) is 10.6 Å². The first-order valence-electron chi connectivity index (χ1n) is 3.74. The van der Waals surface area contributed by atoms with E-state index in [0.29, 0.717) is 0 Å². The highest BCUT2D eigenvalue weighted by atomic mass is 16.3. The predicted molar refractivity (Wildman–Crippen MR) is 41.4 cm³/mol. The Morgan fingerprint density at radius 3 is 3.08 bits per heavy atom. The number of β-amino-alcohol motifs (C(OH)–C–C–N with tert-alkyl or cyclic N) is 1. The molecular weight excluding hydrogens is 160 g/mol. The van der Waals surface area contributed by atoms with Crippen LogP contribution < -0.4 is 16.4 Å². The number of aliphatic imine (C=N–C) groups is 1. The molecule has 12 heavy (non-hydrogen) atoms. The smallest absolute Gasteiger partial charge is 0.247 e. The predicted octanol–water partition coefficient (Wildman–Crippen LogP) is -2.87. The first-order valence-corrected chi connectivity index (χ1v) is 3.74. The van der Waals surface area contributed by atoms with Crippen LogP contribution in [0.4, 0.5) is 0 Å². The average Bonchev–Trinajstić information content (AvgIpc) is 2.41. The zero-order valence-electron chi connectivity index (χ0n) is 6.32. The molecule has 2 aliphatic rings. The Bertz CT molecular complexity index is 252. The minimum atomic E-state index is -0.613. The Balaban J connectivity index is 2.21. The molecule has 0 bridgehead atoms. The summed E-state index contributed by atoms with van der Waals surface area (Å²) in [6.45, 7) is 0.260. The van der Waals surface area contributed by atoms with Gasteiger partial charge in [-0.05, 0) is 0 Å². The molecule has 1 amide bonds. The van der Waals surface area contributed by atoms with E-state index in [0.717, 1.165) is 0 Å². The Morgan fingerprint density at radius 1 is 1.67 bits per heavy atom. The minimum Gasteiger partial charge on any atom is -0.389 e. The second-order valence-electron chi connectivity index (χ2n) is 2.94. The van der Waals surface area contributed by atoms with Gasteiger partial charge in [0.05, 0.1) is 12.1 Å². The van der Waals surface area contributed by atoms with Crippen LogP contribution in [0.5, 0.6) is 0 Å². The molecule has 2 rings (SSSR count). The van der Waals surface area contributed by atoms with Crippen molar-refractivity contribution in [3.63, 3.8) is 0 Å². The third-order valence-corrected chi connectivity index (χ3v) is 2.10. The topological polar surface area (TPSA) is 99.7 Å². The molecule has 0 unspecified atom stereocenters. The number of nitrogens with zero attached hydrogens (tertiary/aromatic N) is 1. The molecule has 6 heteroatoms. The summed E-state index contributed by atoms with van der Waals surface area (Å²) in [5.74, 6) is 0.0411. The maximum atomic E-state index is 11.1. The van der Waals surface area contributed by atoms with E-state index in [9.17, 15) is 9.90 Å². The van der Waals surface area contributed by atoms with E-state index >= 15 is 0 Å². The molecule has 0 aromatic heterocycles. The number of fused-ring (bicyclic) bond motifs is 1. The van der Waals surface area contributed by atoms with Crippen molar-refractivity contribution in [3.05, 3.63) is 0 Å². The monoisotopic (exact) mass is 170 g/mol. The van der Waals surface area contributed by atoms with Gasteiger partial charge in [0.15, 0.2) is 12.0 Å². The normalized spacial score (nSPS) is 39.6. The first kappa shape index (κ1) is 7.35. The number of amides is 1. The van der Waals surface area contributed by atoms with Crippen molar-refractivity contribution in [3.8, 4) is 0 Å². The molecule has 0 saturated carbocycles. The van der Waals surface area contributed by atoms with Crippen molar-refractivity contribution >= 4 is 11.9 Å². The Kier molecular flexibility index (Phi) is 1.44. The van der Waals surface area contributed by atoms with E-state index in [4.69, 9.17) is 5.73 Å². The maximum Gasteiger partial charge on any atom is 0.247 e. The Morgan fingerprint density at radius 2 is 2.42 bits per heavy atom. The molecule has 0 aromatic rings. The second kappa shape index (κ2) is 2.34. The van der Waals surface area contributed by atoms with Crippen LogP contribution in [-0.4, -0.2) is 41.7 Å². The fourth-order valence-electron chi connectivity index (χ4n) is 1.48. The van der Waals surface area contributed by atoms with Gasteiger partial charge in [-0.15, -0.1) is 0 Å². The lowest BCUT2D eigenvalue weighted by Crippen LogP contribution is -2.59. The summed E-state index contributed by atoms with van der Waals surface area (Å²) in [7, 11) is 0. The number of rotatable bonds is 0. The number of carbonyl (C=O) groups is 1. The van der Waals surface area contributed by atoms with E-state index < -0.39 is 12.1 Å². The van der Waals surface area contributed by atoms with Gasteiger partial charge in [0, 0.05) is 6.54 Å². The number of nitrogens with one attached hydrogen (secondary N) is 2. The number of hydrogen-bond acceptors (Lipinski definition) is 5. The Labute approximate surface area is 68.8 Å². The van der Waals surface area contributed by atoms with Crippen LogP contribution in [0.2, 0.25) is 0 Å². The molecule has 1 fully saturated rings. The van der Waals surface area contributed by atoms with Crippen molar-refractivity contribution in [2.24, 2.45) is 10.7 Å². The summed E-state index contributed by atoms with van der Waals surface area (Å²) >= 11 is 0. The van der Waals surface area contributed by atoms with Crippen LogP contribution in [0.25, 0.3) is 0 Å². The average molecular weight is 170 g/mol. The molecule has 6 nitrogen and oxygen atoms in total. The van der Waals surface area contributed by atoms with Crippen LogP contribution in [0.1, 0.15) is 0 Å². The fraction of sp³-hybridized carbons (Fsp3) is 0.667. The summed E-state index contributed by atoms with van der Waals surface area (Å²) in [4.78, 5) is 15.0. The standard InChI is InChI=1S/C6H10N4O2/c7-6-9-3-2(11)1-8-5(12)4(3)10-6/h2-4,11H,1H2,(H,8,12)(H3,7,9,10)/t2-,3-,4+/m1/s1. The van der Waals surface area contributed by atoms with Gasteiger partial charge >= 0.3 is 0 Å². The molecule has 1 saturated heterocycles. The largest absolute Gasteiger partial charge is 0.389 e. The van der Waals surface area contributed by atoms with Gasteiger partial charge in [-0.25, -0.2) is 4.99 Å². The lowest BCUT2D eigenvalue weighted by atomic mass is 9.99. The van der Waals surface area contributed by atoms with E-state index in [-0.39, 0.29) is 24.5 Å². The van der Waals surface area contributed by atoms with Gasteiger partial charge in [-0.1, -0.05) is 0 Å². The van der Waals surface area contributed by atoms with E-state index in [2.05, 4.69) is 15.6 Å². The summed E-state index contributed by atoms with van der Waals surface area (Å²) in [5, 5.41) is 14.7. The number of aliphatic hydroxyl groups is 1. The molecule has 66 valence electrons. The third kappa shape index (κ3) is 0.918. The third-order valence-electron chi connectivity index (χ3n) is 2.10. The highest BCUT2D eigenvalue weighted by Gasteiger charge is 2.41. The SMILES string of the molecule is NC1=N[C@@H]2C(=O)NC[C@@H](O)[C@H]2N1. The van der Waals surface area contributed by atoms with Gasteiger partial charge < -0.3 is 21.5 Å². The summed E-state index contributed by atoms with van der Waals surface area (Å²) in [5.41, 5.74) is 5.37. The van der Waals surface area contributed by atoms with Gasteiger partial charge in [0.25, 0.3) is 0 Å². The van der Waals surface area contributed by atoms with Crippen LogP contribution in [0.15, 0.2) is 4.99 Å². The summed E-state index contributed by atoms with van der Waals surface area (Å²) < 4.78 is 0. The number of piperidine rings is 1. The van der Waals surface area contributed by atoms with Crippen LogP contribution >= 0.6 is 0 Å². The molecule has 0 aliphatic carbocycles. The van der Waals surface area contributed by atoms with Crippen molar-refractivity contribution in [2.45, 2.75) is 18.2 Å². The minimum absolute atomic E-state index is 0.182. The van der Waals surface area contributed by atoms with Crippen LogP contribution in [0.3, 0.4) is 0 Å². The summed E-state index contributed by atoms with van der Waals surface area (Å²) in [6, 6.07) is -0.910. The molecular formula is C6H10N4O2. The quantitative estimate of drug-likeness (QED) is 0.314. The van der Waals surface area contributed by atoms with Crippen molar-refractivity contribution in [2.75, 3.05) is 6.54 Å². The second-order valence-corrected chi connectivity index (χ2v) is 2.94. The fourth-order valence-corrected chi connectivity index (χ4v) is 1.48. The highest BCUT2D eigenvalue weighted by Crippen LogP contribution is 2.13. The van der Waals surface area contributed by atoms with E-state index in [1.54, 1.807) is 0 Å². The number of aliphatic hydroxyl groups excluding tert-OH is 1. The highest BCUT2D eigenvalue weighted by molar-refractivity contribution is 5.91. The maximum absolute atomic E-state index is 11.1. The first-order chi connectivity index (χ1) is 5.68. The molecule has 3 atom stereocenters. The van der Waals surface area contributed by atoms with Crippen molar-refractivity contribution < 1.29 is 9.90 Å². The van der Waals surface area contributed by atoms with Gasteiger partial charge in [0.1, 0.15) is 0 Å². The number of carbonyl (C=O) groups excluding carboxylic acids is 1. The van der Waals surface area contributed by atoms with Gasteiger partial charge in [-0.3, -0.25) is 4.79 Å². The van der Waals surface area contributed by atoms with Crippen LogP contribution in [0, 0.1) is 0 Å². The molecule has 0 spiro atoms. The van der Waals surface area contributed by atoms with E-state index in [1.807, 2.05) is 0 Å². The van der Waals surface area contributed by atoms with Crippen molar-refractivity contribution in [1.29, 1.82) is 0 Å². The zero-order valence-corrected chi connectivity index (χ0v) is 6.32. The molecule has 5 N–H and O–H groups in total. The number of guanidine groups is 1. The zero-order chi connectivity index (χ0) is 8.72. The summed E-state index contributed by atoms with van der Waals surface area (Å²) in [6.07, 6.45) is -0.613. The molecule has 2 heterocycles. The number of nitrogens with two attached hydrogens (primary N) is 1. The lowest BCUT2D eigenvalue weighted by Gasteiger charge is -2.28. The van der Waals surface area contributed by atoms with Gasteiger partial charge in [0.2, 0.25) is 5.91 Å². The molecule has 2 aliphatic heterocycles. The molecule has 0 aromatic carbocycles.